The van der Waals surface area contributed by atoms with Crippen molar-refractivity contribution in [1.29, 1.82) is 0 Å². The van der Waals surface area contributed by atoms with Gasteiger partial charge in [-0.15, -0.1) is 0 Å². The van der Waals surface area contributed by atoms with Crippen molar-refractivity contribution in [2.75, 3.05) is 0 Å². The number of nitrogens with zero attached hydrogens (tertiary/aromatic N) is 1. The van der Waals surface area contributed by atoms with Crippen LogP contribution in [-0.4, -0.2) is 16.1 Å². The summed E-state index contributed by atoms with van der Waals surface area (Å²) < 4.78 is 0. The van der Waals surface area contributed by atoms with Crippen LogP contribution in [0.4, 0.5) is 0 Å². The van der Waals surface area contributed by atoms with E-state index in [1.807, 2.05) is 18.2 Å². The number of fused-ring (bicyclic) bond motifs is 1. The normalized spacial score (nSPS) is 12.9. The third-order valence-corrected chi connectivity index (χ3v) is 3.74. The van der Waals surface area contributed by atoms with Crippen molar-refractivity contribution in [1.82, 2.24) is 4.98 Å². The number of hydrogen-bond donors (Lipinski definition) is 1. The smallest absolute Gasteiger partial charge is 0.336 e. The van der Waals surface area contributed by atoms with Gasteiger partial charge in [-0.3, -0.25) is 4.98 Å². The van der Waals surface area contributed by atoms with E-state index in [2.05, 4.69) is 24.0 Å². The first-order valence-electron chi connectivity index (χ1n) is 6.60. The molecule has 0 saturated carbocycles. The van der Waals surface area contributed by atoms with Crippen molar-refractivity contribution in [3.63, 3.8) is 0 Å². The molecule has 1 aliphatic carbocycles. The standard InChI is InChI=1S/C17H15NO2/c1-11-4-2-3-5-13(11)8-12-9-15-14(17(19)20)6-7-18-16(15)10-12/h2-7,10H,8-9H2,1H3,(H,19,20). The molecular weight excluding hydrogens is 250 g/mol. The number of benzene rings is 1. The highest BCUT2D eigenvalue weighted by Gasteiger charge is 2.20. The van der Waals surface area contributed by atoms with E-state index >= 15 is 0 Å². The number of carboxylic acids is 1. The molecule has 0 spiro atoms. The summed E-state index contributed by atoms with van der Waals surface area (Å²) in [5, 5.41) is 9.22. The minimum absolute atomic E-state index is 0.367. The summed E-state index contributed by atoms with van der Waals surface area (Å²) >= 11 is 0. The van der Waals surface area contributed by atoms with E-state index in [0.717, 1.165) is 17.7 Å². The van der Waals surface area contributed by atoms with Crippen LogP contribution < -0.4 is 0 Å². The van der Waals surface area contributed by atoms with E-state index in [4.69, 9.17) is 0 Å². The number of aromatic carboxylic acids is 1. The average Bonchev–Trinajstić information content (AvgIpc) is 2.83. The van der Waals surface area contributed by atoms with Gasteiger partial charge in [0.1, 0.15) is 0 Å². The highest BCUT2D eigenvalue weighted by atomic mass is 16.4. The second kappa shape index (κ2) is 4.93. The predicted octanol–water partition coefficient (Wildman–Crippen LogP) is 3.27. The van der Waals surface area contributed by atoms with Crippen LogP contribution in [0.2, 0.25) is 0 Å². The number of carboxylic acid groups (broad SMARTS) is 1. The third-order valence-electron chi connectivity index (χ3n) is 3.74. The van der Waals surface area contributed by atoms with Gasteiger partial charge >= 0.3 is 5.97 Å². The Morgan fingerprint density at radius 3 is 2.85 bits per heavy atom. The summed E-state index contributed by atoms with van der Waals surface area (Å²) in [4.78, 5) is 15.5. The summed E-state index contributed by atoms with van der Waals surface area (Å²) in [6.07, 6.45) is 5.12. The van der Waals surface area contributed by atoms with Gasteiger partial charge in [-0.2, -0.15) is 0 Å². The van der Waals surface area contributed by atoms with Gasteiger partial charge in [-0.25, -0.2) is 4.79 Å². The number of allylic oxidation sites excluding steroid dienone is 1. The van der Waals surface area contributed by atoms with E-state index in [0.29, 0.717) is 12.0 Å². The Hall–Kier alpha value is -2.42. The monoisotopic (exact) mass is 265 g/mol. The Morgan fingerprint density at radius 1 is 1.30 bits per heavy atom. The topological polar surface area (TPSA) is 50.2 Å². The van der Waals surface area contributed by atoms with Crippen LogP contribution in [0.5, 0.6) is 0 Å². The average molecular weight is 265 g/mol. The van der Waals surface area contributed by atoms with Crippen LogP contribution in [0, 0.1) is 6.92 Å². The van der Waals surface area contributed by atoms with Crippen molar-refractivity contribution in [2.24, 2.45) is 0 Å². The maximum Gasteiger partial charge on any atom is 0.336 e. The van der Waals surface area contributed by atoms with Gasteiger partial charge in [-0.05, 0) is 48.6 Å². The van der Waals surface area contributed by atoms with E-state index in [1.165, 1.54) is 16.7 Å². The Kier molecular flexibility index (Phi) is 3.11. The zero-order valence-electron chi connectivity index (χ0n) is 11.3. The fourth-order valence-corrected chi connectivity index (χ4v) is 2.66. The molecule has 20 heavy (non-hydrogen) atoms. The summed E-state index contributed by atoms with van der Waals surface area (Å²) in [6.45, 7) is 2.10. The quantitative estimate of drug-likeness (QED) is 0.926. The first kappa shape index (κ1) is 12.6. The van der Waals surface area contributed by atoms with Gasteiger partial charge < -0.3 is 5.11 Å². The number of rotatable bonds is 3. The molecule has 0 fully saturated rings. The Bertz CT molecular complexity index is 717. The minimum Gasteiger partial charge on any atom is -0.478 e. The lowest BCUT2D eigenvalue weighted by Crippen LogP contribution is -2.04. The van der Waals surface area contributed by atoms with Crippen molar-refractivity contribution in [3.05, 3.63) is 70.0 Å². The maximum atomic E-state index is 11.2. The molecule has 1 N–H and O–H groups in total. The fourth-order valence-electron chi connectivity index (χ4n) is 2.66. The highest BCUT2D eigenvalue weighted by molar-refractivity contribution is 5.91. The molecule has 3 heteroatoms. The first-order valence-corrected chi connectivity index (χ1v) is 6.60. The Balaban J connectivity index is 1.88. The third kappa shape index (κ3) is 2.23. The van der Waals surface area contributed by atoms with Gasteiger partial charge in [0.15, 0.2) is 0 Å². The van der Waals surface area contributed by atoms with Gasteiger partial charge in [0.25, 0.3) is 0 Å². The zero-order valence-corrected chi connectivity index (χ0v) is 11.3. The number of hydrogen-bond acceptors (Lipinski definition) is 2. The van der Waals surface area contributed by atoms with E-state index < -0.39 is 5.97 Å². The first-order chi connectivity index (χ1) is 9.65. The maximum absolute atomic E-state index is 11.2. The molecule has 0 saturated heterocycles. The zero-order chi connectivity index (χ0) is 14.1. The molecule has 3 rings (SSSR count). The number of aromatic nitrogens is 1. The second-order valence-corrected chi connectivity index (χ2v) is 5.11. The van der Waals surface area contributed by atoms with Gasteiger partial charge in [0.2, 0.25) is 0 Å². The van der Waals surface area contributed by atoms with Crippen LogP contribution in [0.15, 0.2) is 42.1 Å². The van der Waals surface area contributed by atoms with Crippen LogP contribution in [-0.2, 0) is 12.8 Å². The number of aryl methyl sites for hydroxylation is 1. The van der Waals surface area contributed by atoms with Gasteiger partial charge in [0, 0.05) is 6.20 Å². The number of carbonyl (C=O) groups is 1. The molecule has 1 heterocycles. The van der Waals surface area contributed by atoms with Gasteiger partial charge in [-0.1, -0.05) is 29.8 Å². The summed E-state index contributed by atoms with van der Waals surface area (Å²) in [5.41, 5.74) is 5.76. The molecule has 3 nitrogen and oxygen atoms in total. The molecule has 100 valence electrons. The lowest BCUT2D eigenvalue weighted by molar-refractivity contribution is 0.0695. The Morgan fingerprint density at radius 2 is 2.10 bits per heavy atom. The minimum atomic E-state index is -0.880. The molecule has 0 bridgehead atoms. The molecule has 2 aromatic rings. The van der Waals surface area contributed by atoms with Crippen molar-refractivity contribution >= 4 is 12.0 Å². The van der Waals surface area contributed by atoms with Crippen LogP contribution in [0.25, 0.3) is 6.08 Å². The van der Waals surface area contributed by atoms with Gasteiger partial charge in [0.05, 0.1) is 11.3 Å². The molecule has 1 aliphatic rings. The summed E-state index contributed by atoms with van der Waals surface area (Å²) in [7, 11) is 0. The summed E-state index contributed by atoms with van der Waals surface area (Å²) in [5.74, 6) is -0.880. The summed E-state index contributed by atoms with van der Waals surface area (Å²) in [6, 6.07) is 9.85. The van der Waals surface area contributed by atoms with Crippen molar-refractivity contribution < 1.29 is 9.90 Å². The molecule has 0 atom stereocenters. The Labute approximate surface area is 117 Å². The van der Waals surface area contributed by atoms with Crippen molar-refractivity contribution in [2.45, 2.75) is 19.8 Å². The van der Waals surface area contributed by atoms with Crippen LogP contribution in [0.3, 0.4) is 0 Å². The van der Waals surface area contributed by atoms with Crippen molar-refractivity contribution in [3.8, 4) is 0 Å². The highest BCUT2D eigenvalue weighted by Crippen LogP contribution is 2.29. The lowest BCUT2D eigenvalue weighted by Gasteiger charge is -2.07. The van der Waals surface area contributed by atoms with Crippen LogP contribution >= 0.6 is 0 Å². The molecule has 1 aromatic heterocycles. The lowest BCUT2D eigenvalue weighted by atomic mass is 9.98. The molecule has 0 unspecified atom stereocenters. The molecule has 0 amide bonds. The van der Waals surface area contributed by atoms with E-state index in [-0.39, 0.29) is 0 Å². The predicted molar refractivity (Wildman–Crippen MR) is 77.8 cm³/mol. The molecule has 0 aliphatic heterocycles. The van der Waals surface area contributed by atoms with E-state index in [1.54, 1.807) is 12.3 Å². The van der Waals surface area contributed by atoms with E-state index in [9.17, 15) is 9.90 Å². The van der Waals surface area contributed by atoms with Crippen LogP contribution in [0.1, 0.15) is 32.7 Å². The number of pyridine rings is 1. The molecular formula is C17H15NO2. The SMILES string of the molecule is Cc1ccccc1CC1=Cc2nccc(C(=O)O)c2C1. The molecule has 0 radical (unpaired) electrons. The molecule has 1 aromatic carbocycles. The largest absolute Gasteiger partial charge is 0.478 e. The second-order valence-electron chi connectivity index (χ2n) is 5.11. The fraction of sp³-hybridized carbons (Fsp3) is 0.176.